The predicted molar refractivity (Wildman–Crippen MR) is 79.7 cm³/mol. The average Bonchev–Trinajstić information content (AvgIpc) is 2.25. The summed E-state index contributed by atoms with van der Waals surface area (Å²) in [4.78, 5) is 0. The van der Waals surface area contributed by atoms with Crippen LogP contribution in [0.1, 0.15) is 66.7 Å². The van der Waals surface area contributed by atoms with Crippen LogP contribution in [0.25, 0.3) is 0 Å². The number of nitrogens with one attached hydrogen (secondary N) is 1. The molecule has 1 nitrogen and oxygen atoms in total. The first kappa shape index (κ1) is 14.4. The first-order valence-corrected chi connectivity index (χ1v) is 8.06. The first-order chi connectivity index (χ1) is 8.36. The lowest BCUT2D eigenvalue weighted by molar-refractivity contribution is -0.0416. The molecule has 3 atom stereocenters. The van der Waals surface area contributed by atoms with Crippen molar-refractivity contribution in [3.05, 3.63) is 0 Å². The summed E-state index contributed by atoms with van der Waals surface area (Å²) in [5.74, 6) is 2.67. The van der Waals surface area contributed by atoms with Gasteiger partial charge >= 0.3 is 0 Å². The van der Waals surface area contributed by atoms with Gasteiger partial charge in [-0.05, 0) is 73.8 Å². The Bertz CT molecular complexity index is 281. The summed E-state index contributed by atoms with van der Waals surface area (Å²) in [7, 11) is 0. The summed E-state index contributed by atoms with van der Waals surface area (Å²) in [5, 5.41) is 3.65. The molecule has 1 aliphatic carbocycles. The van der Waals surface area contributed by atoms with Crippen molar-refractivity contribution in [2.24, 2.45) is 28.6 Å². The van der Waals surface area contributed by atoms with Crippen LogP contribution < -0.4 is 5.32 Å². The van der Waals surface area contributed by atoms with Crippen LogP contribution in [0, 0.1) is 28.6 Å². The molecule has 0 radical (unpaired) electrons. The quantitative estimate of drug-likeness (QED) is 0.763. The fraction of sp³-hybridized carbons (Fsp3) is 1.00. The molecule has 0 amide bonds. The summed E-state index contributed by atoms with van der Waals surface area (Å²) in [6, 6.07) is 0. The minimum atomic E-state index is 0.581. The van der Waals surface area contributed by atoms with Crippen LogP contribution in [-0.4, -0.2) is 13.1 Å². The Morgan fingerprint density at radius 2 is 1.89 bits per heavy atom. The molecule has 0 bridgehead atoms. The Balaban J connectivity index is 2.15. The molecule has 0 aromatic heterocycles. The maximum Gasteiger partial charge on any atom is -0.00150 e. The SMILES string of the molecule is CC(C)CC1CNCCC12CCC(C)(C)CC2C. The first-order valence-electron chi connectivity index (χ1n) is 8.06. The second-order valence-corrected chi connectivity index (χ2v) is 8.28. The molecule has 0 aromatic carbocycles. The molecule has 1 aliphatic heterocycles. The lowest BCUT2D eigenvalue weighted by Crippen LogP contribution is -2.52. The highest BCUT2D eigenvalue weighted by Crippen LogP contribution is 2.56. The molecular weight excluding hydrogens is 218 g/mol. The van der Waals surface area contributed by atoms with Crippen LogP contribution in [0.3, 0.4) is 0 Å². The van der Waals surface area contributed by atoms with Gasteiger partial charge in [0.2, 0.25) is 0 Å². The van der Waals surface area contributed by atoms with Gasteiger partial charge in [-0.1, -0.05) is 34.6 Å². The van der Waals surface area contributed by atoms with Gasteiger partial charge in [0.15, 0.2) is 0 Å². The second kappa shape index (κ2) is 5.15. The minimum absolute atomic E-state index is 0.581. The summed E-state index contributed by atoms with van der Waals surface area (Å²) in [5.41, 5.74) is 1.24. The Morgan fingerprint density at radius 3 is 2.50 bits per heavy atom. The monoisotopic (exact) mass is 251 g/mol. The molecular formula is C17H33N. The molecule has 0 aromatic rings. The minimum Gasteiger partial charge on any atom is -0.316 e. The highest BCUT2D eigenvalue weighted by Gasteiger charge is 2.49. The Morgan fingerprint density at radius 1 is 1.17 bits per heavy atom. The van der Waals surface area contributed by atoms with Gasteiger partial charge in [0.05, 0.1) is 0 Å². The third kappa shape index (κ3) is 2.76. The van der Waals surface area contributed by atoms with Crippen LogP contribution in [0.5, 0.6) is 0 Å². The van der Waals surface area contributed by atoms with Gasteiger partial charge in [-0.15, -0.1) is 0 Å². The summed E-state index contributed by atoms with van der Waals surface area (Å²) in [6.45, 7) is 14.8. The maximum atomic E-state index is 3.65. The van der Waals surface area contributed by atoms with Crippen molar-refractivity contribution in [3.8, 4) is 0 Å². The third-order valence-electron chi connectivity index (χ3n) is 5.83. The molecule has 1 saturated heterocycles. The summed E-state index contributed by atoms with van der Waals surface area (Å²) in [6.07, 6.45) is 7.17. The second-order valence-electron chi connectivity index (χ2n) is 8.28. The highest BCUT2D eigenvalue weighted by atomic mass is 14.9. The van der Waals surface area contributed by atoms with Crippen molar-refractivity contribution in [2.75, 3.05) is 13.1 Å². The van der Waals surface area contributed by atoms with Gasteiger partial charge in [-0.3, -0.25) is 0 Å². The van der Waals surface area contributed by atoms with E-state index in [1.807, 2.05) is 0 Å². The zero-order valence-corrected chi connectivity index (χ0v) is 13.2. The van der Waals surface area contributed by atoms with Crippen molar-refractivity contribution in [2.45, 2.75) is 66.7 Å². The van der Waals surface area contributed by atoms with Crippen LogP contribution in [0.4, 0.5) is 0 Å². The van der Waals surface area contributed by atoms with Gasteiger partial charge in [-0.25, -0.2) is 0 Å². The van der Waals surface area contributed by atoms with Crippen molar-refractivity contribution < 1.29 is 0 Å². The van der Waals surface area contributed by atoms with Gasteiger partial charge in [0.1, 0.15) is 0 Å². The van der Waals surface area contributed by atoms with E-state index >= 15 is 0 Å². The zero-order chi connectivity index (χ0) is 13.4. The van der Waals surface area contributed by atoms with Crippen molar-refractivity contribution in [3.63, 3.8) is 0 Å². The maximum absolute atomic E-state index is 3.65. The lowest BCUT2D eigenvalue weighted by Gasteiger charge is -2.55. The standard InChI is InChI=1S/C17H33N/c1-13(2)10-15-12-18-9-8-17(15)7-6-16(4,5)11-14(17)3/h13-15,18H,6-12H2,1-5H3. The van der Waals surface area contributed by atoms with E-state index in [-0.39, 0.29) is 0 Å². The predicted octanol–water partition coefficient (Wildman–Crippen LogP) is 4.47. The molecule has 2 fully saturated rings. The number of hydrogen-bond donors (Lipinski definition) is 1. The van der Waals surface area contributed by atoms with E-state index in [9.17, 15) is 0 Å². The Labute approximate surface area is 114 Å². The molecule has 2 aliphatic rings. The van der Waals surface area contributed by atoms with Gasteiger partial charge in [0.25, 0.3) is 0 Å². The molecule has 3 unspecified atom stereocenters. The third-order valence-corrected chi connectivity index (χ3v) is 5.83. The topological polar surface area (TPSA) is 12.0 Å². The van der Waals surface area contributed by atoms with E-state index < -0.39 is 0 Å². The van der Waals surface area contributed by atoms with E-state index in [2.05, 4.69) is 39.9 Å². The fourth-order valence-electron chi connectivity index (χ4n) is 4.82. The van der Waals surface area contributed by atoms with E-state index in [0.717, 1.165) is 17.8 Å². The highest BCUT2D eigenvalue weighted by molar-refractivity contribution is 5.00. The van der Waals surface area contributed by atoms with Crippen LogP contribution in [0.15, 0.2) is 0 Å². The van der Waals surface area contributed by atoms with E-state index in [0.29, 0.717) is 10.8 Å². The van der Waals surface area contributed by atoms with E-state index in [1.54, 1.807) is 0 Å². The summed E-state index contributed by atoms with van der Waals surface area (Å²) < 4.78 is 0. The average molecular weight is 251 g/mol. The lowest BCUT2D eigenvalue weighted by atomic mass is 9.52. The molecule has 2 rings (SSSR count). The smallest absolute Gasteiger partial charge is 0.00150 e. The molecule has 1 saturated carbocycles. The molecule has 1 heteroatoms. The van der Waals surface area contributed by atoms with Crippen LogP contribution >= 0.6 is 0 Å². The van der Waals surface area contributed by atoms with Gasteiger partial charge in [0, 0.05) is 0 Å². The Kier molecular flexibility index (Phi) is 4.11. The number of rotatable bonds is 2. The molecule has 1 heterocycles. The fourth-order valence-corrected chi connectivity index (χ4v) is 4.82. The van der Waals surface area contributed by atoms with Crippen molar-refractivity contribution >= 4 is 0 Å². The number of hydrogen-bond acceptors (Lipinski definition) is 1. The van der Waals surface area contributed by atoms with Crippen molar-refractivity contribution in [1.82, 2.24) is 5.32 Å². The molecule has 18 heavy (non-hydrogen) atoms. The number of piperidine rings is 1. The van der Waals surface area contributed by atoms with E-state index in [1.165, 1.54) is 45.2 Å². The van der Waals surface area contributed by atoms with Crippen molar-refractivity contribution in [1.29, 1.82) is 0 Å². The van der Waals surface area contributed by atoms with Gasteiger partial charge < -0.3 is 5.32 Å². The normalized spacial score (nSPS) is 40.3. The Hall–Kier alpha value is -0.0400. The molecule has 1 spiro atoms. The zero-order valence-electron chi connectivity index (χ0n) is 13.2. The largest absolute Gasteiger partial charge is 0.316 e. The van der Waals surface area contributed by atoms with Crippen LogP contribution in [-0.2, 0) is 0 Å². The molecule has 1 N–H and O–H groups in total. The van der Waals surface area contributed by atoms with E-state index in [4.69, 9.17) is 0 Å². The molecule has 106 valence electrons. The van der Waals surface area contributed by atoms with Gasteiger partial charge in [-0.2, -0.15) is 0 Å². The summed E-state index contributed by atoms with van der Waals surface area (Å²) >= 11 is 0. The van der Waals surface area contributed by atoms with Crippen LogP contribution in [0.2, 0.25) is 0 Å².